The van der Waals surface area contributed by atoms with Crippen molar-refractivity contribution in [1.82, 2.24) is 0 Å². The number of ether oxygens (including phenoxy) is 2. The van der Waals surface area contributed by atoms with Crippen molar-refractivity contribution in [2.75, 3.05) is 6.61 Å². The minimum Gasteiger partial charge on any atom is -0.462 e. The van der Waals surface area contributed by atoms with Crippen LogP contribution in [0.1, 0.15) is 112 Å². The fourth-order valence-electron chi connectivity index (χ4n) is 9.21. The number of aliphatic hydroxyl groups excluding tert-OH is 1. The summed E-state index contributed by atoms with van der Waals surface area (Å²) in [4.78, 5) is 24.1. The first-order valence-electron chi connectivity index (χ1n) is 14.9. The van der Waals surface area contributed by atoms with Gasteiger partial charge in [-0.3, -0.25) is 4.79 Å². The molecular formula is C31H50O6. The van der Waals surface area contributed by atoms with E-state index in [1.807, 2.05) is 0 Å². The van der Waals surface area contributed by atoms with Gasteiger partial charge in [-0.2, -0.15) is 0 Å². The van der Waals surface area contributed by atoms with E-state index < -0.39 is 17.1 Å². The molecule has 2 N–H and O–H groups in total. The van der Waals surface area contributed by atoms with Gasteiger partial charge in [-0.05, 0) is 80.1 Å². The first-order valence-corrected chi connectivity index (χ1v) is 14.9. The molecule has 0 aromatic carbocycles. The smallest absolute Gasteiger partial charge is 0.331 e. The summed E-state index contributed by atoms with van der Waals surface area (Å²) in [6, 6.07) is 0. The molecule has 0 radical (unpaired) electrons. The molecule has 7 unspecified atom stereocenters. The Bertz CT molecular complexity index is 875. The van der Waals surface area contributed by atoms with Crippen LogP contribution >= 0.6 is 0 Å². The van der Waals surface area contributed by atoms with Gasteiger partial charge in [0.25, 0.3) is 0 Å². The number of hydrogen-bond acceptors (Lipinski definition) is 6. The Kier molecular flexibility index (Phi) is 8.50. The quantitative estimate of drug-likeness (QED) is 0.379. The van der Waals surface area contributed by atoms with Crippen molar-refractivity contribution < 1.29 is 29.3 Å². The molecule has 1 heterocycles. The summed E-state index contributed by atoms with van der Waals surface area (Å²) in [7, 11) is 0. The maximum absolute atomic E-state index is 12.9. The summed E-state index contributed by atoms with van der Waals surface area (Å²) in [6.07, 6.45) is 11.2. The van der Waals surface area contributed by atoms with Gasteiger partial charge in [0.1, 0.15) is 12.7 Å². The van der Waals surface area contributed by atoms with Crippen molar-refractivity contribution in [2.45, 2.75) is 129 Å². The van der Waals surface area contributed by atoms with Gasteiger partial charge in [-0.1, -0.05) is 53.4 Å². The molecule has 1 aliphatic heterocycles. The van der Waals surface area contributed by atoms with Crippen molar-refractivity contribution in [1.29, 1.82) is 0 Å². The van der Waals surface area contributed by atoms with Crippen LogP contribution in [0, 0.1) is 34.5 Å². The predicted octanol–water partition coefficient (Wildman–Crippen LogP) is 5.73. The van der Waals surface area contributed by atoms with Crippen LogP contribution in [0.2, 0.25) is 0 Å². The monoisotopic (exact) mass is 518 g/mol. The summed E-state index contributed by atoms with van der Waals surface area (Å²) in [5, 5.41) is 25.0. The SMILES string of the molecule is CC(=O)OC1CC(C)C(O)(CCC2=CC(=O)OC2)C2(CCCC(C)C)C(O)CCC(C)(C3CCCC3)C12. The van der Waals surface area contributed by atoms with Crippen LogP contribution in [0.25, 0.3) is 0 Å². The minimum absolute atomic E-state index is 0.112. The topological polar surface area (TPSA) is 93.1 Å². The Balaban J connectivity index is 1.82. The molecule has 4 aliphatic rings. The van der Waals surface area contributed by atoms with Crippen molar-refractivity contribution in [3.63, 3.8) is 0 Å². The van der Waals surface area contributed by atoms with Crippen molar-refractivity contribution in [3.05, 3.63) is 11.6 Å². The molecule has 0 bridgehead atoms. The Morgan fingerprint density at radius 1 is 1.22 bits per heavy atom. The number of aliphatic hydroxyl groups is 2. The van der Waals surface area contributed by atoms with Gasteiger partial charge in [0.2, 0.25) is 0 Å². The minimum atomic E-state index is -1.14. The number of esters is 2. The number of rotatable bonds is 9. The van der Waals surface area contributed by atoms with Gasteiger partial charge < -0.3 is 19.7 Å². The summed E-state index contributed by atoms with van der Waals surface area (Å²) < 4.78 is 11.3. The third-order valence-electron chi connectivity index (χ3n) is 10.9. The van der Waals surface area contributed by atoms with Gasteiger partial charge in [0.05, 0.1) is 11.7 Å². The molecular weight excluding hydrogens is 468 g/mol. The lowest BCUT2D eigenvalue weighted by atomic mass is 9.38. The van der Waals surface area contributed by atoms with Gasteiger partial charge in [-0.25, -0.2) is 4.79 Å². The normalized spacial score (nSPS) is 40.4. The lowest BCUT2D eigenvalue weighted by Crippen LogP contribution is -2.73. The van der Waals surface area contributed by atoms with E-state index in [0.717, 1.165) is 37.7 Å². The zero-order valence-corrected chi connectivity index (χ0v) is 23.8. The maximum Gasteiger partial charge on any atom is 0.331 e. The van der Waals surface area contributed by atoms with Gasteiger partial charge in [-0.15, -0.1) is 0 Å². The molecule has 3 fully saturated rings. The van der Waals surface area contributed by atoms with Crippen LogP contribution in [0.3, 0.4) is 0 Å². The van der Waals surface area contributed by atoms with Crippen molar-refractivity contribution in [3.8, 4) is 0 Å². The lowest BCUT2D eigenvalue weighted by molar-refractivity contribution is -0.300. The third-order valence-corrected chi connectivity index (χ3v) is 10.9. The van der Waals surface area contributed by atoms with Crippen LogP contribution in [-0.4, -0.2) is 46.6 Å². The van der Waals surface area contributed by atoms with Gasteiger partial charge in [0.15, 0.2) is 0 Å². The number of carbonyl (C=O) groups is 2. The van der Waals surface area contributed by atoms with Crippen LogP contribution in [0.4, 0.5) is 0 Å². The molecule has 4 rings (SSSR count). The van der Waals surface area contributed by atoms with Crippen LogP contribution in [-0.2, 0) is 19.1 Å². The Morgan fingerprint density at radius 3 is 2.51 bits per heavy atom. The standard InChI is InChI=1S/C31H50O6/c1-20(2)9-8-14-30-26(33)13-15-29(5,24-10-6-7-11-24)28(30)25(37-22(4)32)17-21(3)31(30,35)16-12-23-18-27(34)36-19-23/h18,20-21,24-26,28,33,35H,6-17,19H2,1-5H3. The number of carbonyl (C=O) groups excluding carboxylic acids is 2. The molecule has 0 aromatic rings. The molecule has 37 heavy (non-hydrogen) atoms. The first kappa shape index (κ1) is 28.6. The van der Waals surface area contributed by atoms with Crippen LogP contribution < -0.4 is 0 Å². The van der Waals surface area contributed by atoms with E-state index in [-0.39, 0.29) is 41.9 Å². The molecule has 3 saturated carbocycles. The Hall–Kier alpha value is -1.40. The highest BCUT2D eigenvalue weighted by molar-refractivity contribution is 5.85. The second-order valence-electron chi connectivity index (χ2n) is 13.5. The lowest BCUT2D eigenvalue weighted by Gasteiger charge is -2.69. The highest BCUT2D eigenvalue weighted by Crippen LogP contribution is 2.69. The summed E-state index contributed by atoms with van der Waals surface area (Å²) in [5.41, 5.74) is -1.13. The van der Waals surface area contributed by atoms with E-state index >= 15 is 0 Å². The molecule has 0 spiro atoms. The summed E-state index contributed by atoms with van der Waals surface area (Å²) in [6.45, 7) is 10.6. The van der Waals surface area contributed by atoms with Crippen molar-refractivity contribution in [2.24, 2.45) is 34.5 Å². The number of cyclic esters (lactones) is 1. The molecule has 6 heteroatoms. The van der Waals surface area contributed by atoms with E-state index in [9.17, 15) is 19.8 Å². The van der Waals surface area contributed by atoms with E-state index in [1.54, 1.807) is 6.08 Å². The maximum atomic E-state index is 12.9. The zero-order valence-electron chi connectivity index (χ0n) is 23.8. The number of hydrogen-bond donors (Lipinski definition) is 2. The van der Waals surface area contributed by atoms with E-state index in [2.05, 4.69) is 27.7 Å². The highest BCUT2D eigenvalue weighted by Gasteiger charge is 2.71. The number of fused-ring (bicyclic) bond motifs is 1. The second-order valence-corrected chi connectivity index (χ2v) is 13.5. The zero-order chi connectivity index (χ0) is 27.0. The largest absolute Gasteiger partial charge is 0.462 e. The highest BCUT2D eigenvalue weighted by atomic mass is 16.5. The van der Waals surface area contributed by atoms with Gasteiger partial charge in [0, 0.05) is 24.3 Å². The van der Waals surface area contributed by atoms with Gasteiger partial charge >= 0.3 is 11.9 Å². The predicted molar refractivity (Wildman–Crippen MR) is 142 cm³/mol. The van der Waals surface area contributed by atoms with Crippen LogP contribution in [0.5, 0.6) is 0 Å². The average molecular weight is 519 g/mol. The Labute approximate surface area is 223 Å². The molecule has 3 aliphatic carbocycles. The molecule has 7 atom stereocenters. The van der Waals surface area contributed by atoms with E-state index in [0.29, 0.717) is 43.9 Å². The first-order chi connectivity index (χ1) is 17.4. The molecule has 210 valence electrons. The van der Waals surface area contributed by atoms with E-state index in [1.165, 1.54) is 19.8 Å². The Morgan fingerprint density at radius 2 is 1.92 bits per heavy atom. The molecule has 6 nitrogen and oxygen atoms in total. The molecule has 0 saturated heterocycles. The average Bonchev–Trinajstić information content (AvgIpc) is 3.50. The summed E-state index contributed by atoms with van der Waals surface area (Å²) >= 11 is 0. The van der Waals surface area contributed by atoms with E-state index in [4.69, 9.17) is 9.47 Å². The summed E-state index contributed by atoms with van der Waals surface area (Å²) in [5.74, 6) is 0.172. The third kappa shape index (κ3) is 5.14. The molecule has 0 aromatic heterocycles. The van der Waals surface area contributed by atoms with Crippen molar-refractivity contribution >= 4 is 11.9 Å². The fourth-order valence-corrected chi connectivity index (χ4v) is 9.21. The van der Waals surface area contributed by atoms with Crippen LogP contribution in [0.15, 0.2) is 11.6 Å². The second kappa shape index (κ2) is 11.0. The molecule has 0 amide bonds. The fraction of sp³-hybridized carbons (Fsp3) is 0.871.